The number of hydrogen-bond donors (Lipinski definition) is 2. The summed E-state index contributed by atoms with van der Waals surface area (Å²) in [6, 6.07) is 9.13. The third-order valence-electron chi connectivity index (χ3n) is 4.38. The molecule has 1 atom stereocenters. The van der Waals surface area contributed by atoms with Gasteiger partial charge in [-0.25, -0.2) is 4.98 Å². The summed E-state index contributed by atoms with van der Waals surface area (Å²) in [6.07, 6.45) is 1.80. The van der Waals surface area contributed by atoms with E-state index in [0.717, 1.165) is 22.6 Å². The Morgan fingerprint density at radius 2 is 2.32 bits per heavy atom. The average molecular weight is 338 g/mol. The SMILES string of the molecule is Cc1nc2ccc(NC(=O)C3CC(=O)N(Cc4ccco4)C3)cc2[nH]1. The molecule has 0 bridgehead atoms. The standard InChI is InChI=1S/C18H18N4O3/c1-11-19-15-5-4-13(8-16(15)20-11)21-18(24)12-7-17(23)22(9-12)10-14-3-2-6-25-14/h2-6,8,12H,7,9-10H2,1H3,(H,19,20)(H,21,24). The van der Waals surface area contributed by atoms with E-state index in [-0.39, 0.29) is 24.2 Å². The number of furan rings is 1. The van der Waals surface area contributed by atoms with Gasteiger partial charge in [0, 0.05) is 18.7 Å². The van der Waals surface area contributed by atoms with Crippen molar-refractivity contribution in [3.05, 3.63) is 48.2 Å². The van der Waals surface area contributed by atoms with Gasteiger partial charge in [0.1, 0.15) is 11.6 Å². The molecular weight excluding hydrogens is 320 g/mol. The number of aromatic amines is 1. The lowest BCUT2D eigenvalue weighted by molar-refractivity contribution is -0.128. The highest BCUT2D eigenvalue weighted by molar-refractivity contribution is 5.98. The van der Waals surface area contributed by atoms with Gasteiger partial charge in [-0.1, -0.05) is 0 Å². The smallest absolute Gasteiger partial charge is 0.229 e. The lowest BCUT2D eigenvalue weighted by atomic mass is 10.1. The van der Waals surface area contributed by atoms with Crippen molar-refractivity contribution in [2.24, 2.45) is 5.92 Å². The topological polar surface area (TPSA) is 91.2 Å². The maximum atomic E-state index is 12.5. The molecular formula is C18H18N4O3. The fourth-order valence-corrected chi connectivity index (χ4v) is 3.15. The number of fused-ring (bicyclic) bond motifs is 1. The van der Waals surface area contributed by atoms with Crippen molar-refractivity contribution >= 4 is 28.5 Å². The third kappa shape index (κ3) is 3.13. The van der Waals surface area contributed by atoms with Crippen molar-refractivity contribution in [2.45, 2.75) is 19.9 Å². The summed E-state index contributed by atoms with van der Waals surface area (Å²) in [4.78, 5) is 33.8. The predicted molar refractivity (Wildman–Crippen MR) is 91.7 cm³/mol. The van der Waals surface area contributed by atoms with Crippen LogP contribution in [0.3, 0.4) is 0 Å². The molecule has 2 aromatic heterocycles. The second-order valence-electron chi connectivity index (χ2n) is 6.30. The predicted octanol–water partition coefficient (Wildman–Crippen LogP) is 2.45. The Kier molecular flexibility index (Phi) is 3.76. The number of aryl methyl sites for hydroxylation is 1. The molecule has 1 aromatic carbocycles. The number of likely N-dealkylation sites (tertiary alicyclic amines) is 1. The molecule has 2 N–H and O–H groups in total. The molecule has 1 fully saturated rings. The van der Waals surface area contributed by atoms with Crippen LogP contribution in [0.5, 0.6) is 0 Å². The minimum absolute atomic E-state index is 0.0313. The summed E-state index contributed by atoms with van der Waals surface area (Å²) in [7, 11) is 0. The van der Waals surface area contributed by atoms with E-state index in [1.807, 2.05) is 31.2 Å². The van der Waals surface area contributed by atoms with Crippen LogP contribution in [0.4, 0.5) is 5.69 Å². The first-order valence-corrected chi connectivity index (χ1v) is 8.16. The van der Waals surface area contributed by atoms with E-state index in [2.05, 4.69) is 15.3 Å². The van der Waals surface area contributed by atoms with E-state index in [9.17, 15) is 9.59 Å². The largest absolute Gasteiger partial charge is 0.467 e. The first-order chi connectivity index (χ1) is 12.1. The Balaban J connectivity index is 1.42. The molecule has 1 aliphatic heterocycles. The Bertz CT molecular complexity index is 929. The summed E-state index contributed by atoms with van der Waals surface area (Å²) in [6.45, 7) is 2.68. The van der Waals surface area contributed by atoms with E-state index in [4.69, 9.17) is 4.42 Å². The molecule has 0 saturated carbocycles. The van der Waals surface area contributed by atoms with E-state index < -0.39 is 0 Å². The molecule has 1 aliphatic rings. The molecule has 128 valence electrons. The Morgan fingerprint density at radius 1 is 1.44 bits per heavy atom. The zero-order chi connectivity index (χ0) is 17.4. The average Bonchev–Trinajstić information content (AvgIpc) is 3.28. The van der Waals surface area contributed by atoms with Gasteiger partial charge in [0.2, 0.25) is 11.8 Å². The van der Waals surface area contributed by atoms with Gasteiger partial charge in [-0.15, -0.1) is 0 Å². The highest BCUT2D eigenvalue weighted by Crippen LogP contribution is 2.23. The molecule has 3 heterocycles. The molecule has 1 saturated heterocycles. The van der Waals surface area contributed by atoms with Crippen LogP contribution in [0.2, 0.25) is 0 Å². The summed E-state index contributed by atoms with van der Waals surface area (Å²) in [5, 5.41) is 2.90. The van der Waals surface area contributed by atoms with Crippen LogP contribution in [-0.4, -0.2) is 33.2 Å². The lowest BCUT2D eigenvalue weighted by Crippen LogP contribution is -2.27. The van der Waals surface area contributed by atoms with Gasteiger partial charge in [0.25, 0.3) is 0 Å². The van der Waals surface area contributed by atoms with Crippen LogP contribution in [0, 0.1) is 12.8 Å². The van der Waals surface area contributed by atoms with Gasteiger partial charge in [0.05, 0.1) is 29.8 Å². The van der Waals surface area contributed by atoms with Crippen molar-refractivity contribution in [1.82, 2.24) is 14.9 Å². The second kappa shape index (κ2) is 6.08. The van der Waals surface area contributed by atoms with Gasteiger partial charge in [-0.2, -0.15) is 0 Å². The van der Waals surface area contributed by atoms with Gasteiger partial charge < -0.3 is 19.6 Å². The van der Waals surface area contributed by atoms with Crippen molar-refractivity contribution < 1.29 is 14.0 Å². The van der Waals surface area contributed by atoms with E-state index in [1.54, 1.807) is 17.2 Å². The number of imidazole rings is 1. The van der Waals surface area contributed by atoms with E-state index in [1.165, 1.54) is 0 Å². The molecule has 2 amide bonds. The van der Waals surface area contributed by atoms with Crippen LogP contribution in [0.15, 0.2) is 41.0 Å². The van der Waals surface area contributed by atoms with Crippen molar-refractivity contribution in [3.63, 3.8) is 0 Å². The molecule has 3 aromatic rings. The molecule has 1 unspecified atom stereocenters. The fourth-order valence-electron chi connectivity index (χ4n) is 3.15. The summed E-state index contributed by atoms with van der Waals surface area (Å²) in [5.41, 5.74) is 2.42. The van der Waals surface area contributed by atoms with Gasteiger partial charge in [0.15, 0.2) is 0 Å². The summed E-state index contributed by atoms with van der Waals surface area (Å²) >= 11 is 0. The van der Waals surface area contributed by atoms with Crippen molar-refractivity contribution in [1.29, 1.82) is 0 Å². The zero-order valence-electron chi connectivity index (χ0n) is 13.8. The van der Waals surface area contributed by atoms with E-state index >= 15 is 0 Å². The minimum atomic E-state index is -0.360. The maximum Gasteiger partial charge on any atom is 0.229 e. The Labute approximate surface area is 144 Å². The molecule has 4 rings (SSSR count). The minimum Gasteiger partial charge on any atom is -0.467 e. The molecule has 7 nitrogen and oxygen atoms in total. The van der Waals surface area contributed by atoms with Crippen LogP contribution in [0.25, 0.3) is 11.0 Å². The van der Waals surface area contributed by atoms with Crippen LogP contribution in [0.1, 0.15) is 18.0 Å². The van der Waals surface area contributed by atoms with Crippen molar-refractivity contribution in [2.75, 3.05) is 11.9 Å². The number of H-pyrrole nitrogens is 1. The molecule has 25 heavy (non-hydrogen) atoms. The lowest BCUT2D eigenvalue weighted by Gasteiger charge is -2.15. The number of nitrogens with zero attached hydrogens (tertiary/aromatic N) is 2. The molecule has 0 aliphatic carbocycles. The quantitative estimate of drug-likeness (QED) is 0.764. The highest BCUT2D eigenvalue weighted by Gasteiger charge is 2.34. The first kappa shape index (κ1) is 15.4. The van der Waals surface area contributed by atoms with Gasteiger partial charge >= 0.3 is 0 Å². The normalized spacial score (nSPS) is 17.4. The Hall–Kier alpha value is -3.09. The number of anilines is 1. The zero-order valence-corrected chi connectivity index (χ0v) is 13.8. The van der Waals surface area contributed by atoms with Crippen LogP contribution < -0.4 is 5.32 Å². The van der Waals surface area contributed by atoms with Gasteiger partial charge in [-0.05, 0) is 37.3 Å². The fraction of sp³-hybridized carbons (Fsp3) is 0.278. The second-order valence-corrected chi connectivity index (χ2v) is 6.30. The Morgan fingerprint density at radius 3 is 3.12 bits per heavy atom. The van der Waals surface area contributed by atoms with Crippen LogP contribution in [-0.2, 0) is 16.1 Å². The number of hydrogen-bond acceptors (Lipinski definition) is 4. The highest BCUT2D eigenvalue weighted by atomic mass is 16.3. The van der Waals surface area contributed by atoms with E-state index in [0.29, 0.717) is 18.8 Å². The number of carbonyl (C=O) groups excluding carboxylic acids is 2. The number of benzene rings is 1. The molecule has 7 heteroatoms. The van der Waals surface area contributed by atoms with Gasteiger partial charge in [-0.3, -0.25) is 9.59 Å². The summed E-state index contributed by atoms with van der Waals surface area (Å²) < 4.78 is 5.27. The molecule has 0 spiro atoms. The number of amides is 2. The third-order valence-corrected chi connectivity index (χ3v) is 4.38. The monoisotopic (exact) mass is 338 g/mol. The number of carbonyl (C=O) groups is 2. The van der Waals surface area contributed by atoms with Crippen molar-refractivity contribution in [3.8, 4) is 0 Å². The van der Waals surface area contributed by atoms with Crippen LogP contribution >= 0.6 is 0 Å². The number of nitrogens with one attached hydrogen (secondary N) is 2. The number of aromatic nitrogens is 2. The molecule has 0 radical (unpaired) electrons. The summed E-state index contributed by atoms with van der Waals surface area (Å²) in [5.74, 6) is 1.01. The maximum absolute atomic E-state index is 12.5. The number of rotatable bonds is 4. The first-order valence-electron chi connectivity index (χ1n) is 8.16.